The number of benzene rings is 1. The first-order valence-corrected chi connectivity index (χ1v) is 7.63. The molecule has 0 atom stereocenters. The van der Waals surface area contributed by atoms with E-state index >= 15 is 0 Å². The van der Waals surface area contributed by atoms with E-state index in [1.165, 1.54) is 6.07 Å². The van der Waals surface area contributed by atoms with Crippen LogP contribution < -0.4 is 9.86 Å². The lowest BCUT2D eigenvalue weighted by Gasteiger charge is -2.23. The molecule has 0 aliphatic heterocycles. The minimum atomic E-state index is -3.83. The van der Waals surface area contributed by atoms with Crippen molar-refractivity contribution >= 4 is 15.7 Å². The Hall–Kier alpha value is -2.59. The van der Waals surface area contributed by atoms with Gasteiger partial charge in [-0.15, -0.1) is 0 Å². The van der Waals surface area contributed by atoms with Gasteiger partial charge in [-0.05, 0) is 18.2 Å². The van der Waals surface area contributed by atoms with Gasteiger partial charge in [0.2, 0.25) is 5.56 Å². The minimum Gasteiger partial charge on any atom is -0.328 e. The van der Waals surface area contributed by atoms with Crippen molar-refractivity contribution in [1.82, 2.24) is 4.98 Å². The van der Waals surface area contributed by atoms with Crippen molar-refractivity contribution in [3.8, 4) is 6.07 Å². The van der Waals surface area contributed by atoms with E-state index in [9.17, 15) is 13.2 Å². The molecule has 1 aromatic heterocycles. The first-order valence-electron chi connectivity index (χ1n) is 6.19. The van der Waals surface area contributed by atoms with E-state index in [1.807, 2.05) is 6.07 Å². The molecular formula is C14H13N3O3S. The van der Waals surface area contributed by atoms with Gasteiger partial charge in [0, 0.05) is 18.8 Å². The van der Waals surface area contributed by atoms with E-state index in [-0.39, 0.29) is 23.4 Å². The topological polar surface area (TPSA) is 94.0 Å². The molecule has 1 N–H and O–H groups in total. The van der Waals surface area contributed by atoms with E-state index < -0.39 is 10.0 Å². The molecule has 0 radical (unpaired) electrons. The molecule has 0 aliphatic carbocycles. The third-order valence-electron chi connectivity index (χ3n) is 2.81. The van der Waals surface area contributed by atoms with Crippen molar-refractivity contribution in [2.75, 3.05) is 10.8 Å². The Morgan fingerprint density at radius 2 is 1.86 bits per heavy atom. The first kappa shape index (κ1) is 14.8. The van der Waals surface area contributed by atoms with Gasteiger partial charge in [-0.25, -0.2) is 8.42 Å². The maximum absolute atomic E-state index is 12.6. The third kappa shape index (κ3) is 3.30. The Kier molecular flexibility index (Phi) is 4.40. The Bertz CT molecular complexity index is 787. The summed E-state index contributed by atoms with van der Waals surface area (Å²) in [5.41, 5.74) is 0.0937. The molecule has 7 heteroatoms. The second-order valence-electron chi connectivity index (χ2n) is 4.21. The summed E-state index contributed by atoms with van der Waals surface area (Å²) in [5.74, 6) is 0. The van der Waals surface area contributed by atoms with Crippen molar-refractivity contribution in [3.63, 3.8) is 0 Å². The highest BCUT2D eigenvalue weighted by atomic mass is 32.2. The van der Waals surface area contributed by atoms with Crippen LogP contribution in [-0.4, -0.2) is 19.9 Å². The number of nitriles is 1. The maximum atomic E-state index is 12.6. The summed E-state index contributed by atoms with van der Waals surface area (Å²) < 4.78 is 26.4. The molecule has 6 nitrogen and oxygen atoms in total. The number of H-pyrrole nitrogens is 1. The third-order valence-corrected chi connectivity index (χ3v) is 4.64. The van der Waals surface area contributed by atoms with Gasteiger partial charge in [-0.3, -0.25) is 9.10 Å². The molecule has 0 aliphatic rings. The molecule has 108 valence electrons. The van der Waals surface area contributed by atoms with Crippen LogP contribution in [0.4, 0.5) is 5.69 Å². The summed E-state index contributed by atoms with van der Waals surface area (Å²) in [6.45, 7) is 0.0436. The van der Waals surface area contributed by atoms with Gasteiger partial charge in [0.15, 0.2) is 0 Å². The van der Waals surface area contributed by atoms with Crippen LogP contribution in [-0.2, 0) is 10.0 Å². The van der Waals surface area contributed by atoms with Gasteiger partial charge < -0.3 is 4.98 Å². The molecule has 2 rings (SSSR count). The first-order chi connectivity index (χ1) is 10.1. The molecule has 21 heavy (non-hydrogen) atoms. The summed E-state index contributed by atoms with van der Waals surface area (Å²) >= 11 is 0. The number of hydrogen-bond donors (Lipinski definition) is 1. The number of hydrogen-bond acceptors (Lipinski definition) is 4. The number of sulfonamides is 1. The Balaban J connectivity index is 2.47. The number of anilines is 1. The van der Waals surface area contributed by atoms with Crippen LogP contribution in [0.3, 0.4) is 0 Å². The van der Waals surface area contributed by atoms with Crippen LogP contribution in [0, 0.1) is 11.3 Å². The lowest BCUT2D eigenvalue weighted by molar-refractivity contribution is 0.590. The van der Waals surface area contributed by atoms with E-state index in [1.54, 1.807) is 30.3 Å². The molecule has 0 bridgehead atoms. The highest BCUT2D eigenvalue weighted by Gasteiger charge is 2.24. The van der Waals surface area contributed by atoms with Crippen LogP contribution in [0.15, 0.2) is 58.4 Å². The van der Waals surface area contributed by atoms with Crippen LogP contribution in [0.1, 0.15) is 6.42 Å². The zero-order chi connectivity index (χ0) is 15.3. The second-order valence-corrected chi connectivity index (χ2v) is 6.07. The van der Waals surface area contributed by atoms with Crippen LogP contribution in [0.2, 0.25) is 0 Å². The summed E-state index contributed by atoms with van der Waals surface area (Å²) in [7, 11) is -3.83. The summed E-state index contributed by atoms with van der Waals surface area (Å²) in [5, 5.41) is 8.72. The average molecular weight is 303 g/mol. The van der Waals surface area contributed by atoms with Gasteiger partial charge in [0.25, 0.3) is 10.0 Å². The number of nitrogens with zero attached hydrogens (tertiary/aromatic N) is 2. The van der Waals surface area contributed by atoms with Gasteiger partial charge in [0.1, 0.15) is 4.90 Å². The van der Waals surface area contributed by atoms with E-state index in [2.05, 4.69) is 4.98 Å². The molecule has 2 aromatic rings. The van der Waals surface area contributed by atoms with Crippen molar-refractivity contribution < 1.29 is 8.42 Å². The number of aromatic nitrogens is 1. The van der Waals surface area contributed by atoms with Gasteiger partial charge in [-0.1, -0.05) is 18.2 Å². The summed E-state index contributed by atoms with van der Waals surface area (Å²) in [6, 6.07) is 12.9. The van der Waals surface area contributed by atoms with E-state index in [4.69, 9.17) is 5.26 Å². The van der Waals surface area contributed by atoms with Crippen molar-refractivity contribution in [2.24, 2.45) is 0 Å². The molecule has 0 saturated heterocycles. The summed E-state index contributed by atoms with van der Waals surface area (Å²) in [6.07, 6.45) is 1.22. The number of pyridine rings is 1. The fourth-order valence-corrected chi connectivity index (χ4v) is 3.25. The molecule has 0 spiro atoms. The quantitative estimate of drug-likeness (QED) is 0.905. The largest absolute Gasteiger partial charge is 0.328 e. The predicted octanol–water partition coefficient (Wildman–Crippen LogP) is 1.48. The second kappa shape index (κ2) is 6.24. The van der Waals surface area contributed by atoms with Crippen LogP contribution in [0.25, 0.3) is 0 Å². The van der Waals surface area contributed by atoms with Crippen molar-refractivity contribution in [2.45, 2.75) is 11.3 Å². The Morgan fingerprint density at radius 1 is 1.14 bits per heavy atom. The van der Waals surface area contributed by atoms with Gasteiger partial charge >= 0.3 is 0 Å². The lowest BCUT2D eigenvalue weighted by Crippen LogP contribution is -2.32. The fourth-order valence-electron chi connectivity index (χ4n) is 1.82. The zero-order valence-corrected chi connectivity index (χ0v) is 11.9. The van der Waals surface area contributed by atoms with Crippen LogP contribution >= 0.6 is 0 Å². The molecular weight excluding hydrogens is 290 g/mol. The molecule has 0 unspecified atom stereocenters. The summed E-state index contributed by atoms with van der Waals surface area (Å²) in [4.78, 5) is 13.4. The monoisotopic (exact) mass is 303 g/mol. The molecule has 0 amide bonds. The molecule has 0 fully saturated rings. The predicted molar refractivity (Wildman–Crippen MR) is 78.3 cm³/mol. The zero-order valence-electron chi connectivity index (χ0n) is 11.1. The van der Waals surface area contributed by atoms with E-state index in [0.29, 0.717) is 5.69 Å². The number of rotatable bonds is 5. The van der Waals surface area contributed by atoms with Crippen molar-refractivity contribution in [3.05, 3.63) is 59.0 Å². The smallest absolute Gasteiger partial charge is 0.265 e. The Labute approximate surface area is 122 Å². The average Bonchev–Trinajstić information content (AvgIpc) is 2.49. The maximum Gasteiger partial charge on any atom is 0.265 e. The fraction of sp³-hybridized carbons (Fsp3) is 0.143. The Morgan fingerprint density at radius 3 is 2.43 bits per heavy atom. The SMILES string of the molecule is N#CCCN(c1ccccc1)S(=O)(=O)c1ccc(=O)[nH]c1. The highest BCUT2D eigenvalue weighted by Crippen LogP contribution is 2.22. The van der Waals surface area contributed by atoms with Crippen molar-refractivity contribution in [1.29, 1.82) is 5.26 Å². The molecule has 1 heterocycles. The normalized spacial score (nSPS) is 10.8. The molecule has 1 aromatic carbocycles. The lowest BCUT2D eigenvalue weighted by atomic mass is 10.3. The molecule has 0 saturated carbocycles. The number of aromatic amines is 1. The minimum absolute atomic E-state index is 0.0242. The highest BCUT2D eigenvalue weighted by molar-refractivity contribution is 7.92. The number of para-hydroxylation sites is 1. The van der Waals surface area contributed by atoms with E-state index in [0.717, 1.165) is 16.6 Å². The van der Waals surface area contributed by atoms with Gasteiger partial charge in [-0.2, -0.15) is 5.26 Å². The standard InChI is InChI=1S/C14H13N3O3S/c15-9-4-10-17(12-5-2-1-3-6-12)21(19,20)13-7-8-14(18)16-11-13/h1-3,5-8,11H,4,10H2,(H,16,18). The number of nitrogens with one attached hydrogen (secondary N) is 1. The van der Waals surface area contributed by atoms with Crippen LogP contribution in [0.5, 0.6) is 0 Å². The van der Waals surface area contributed by atoms with Gasteiger partial charge in [0.05, 0.1) is 18.2 Å².